The number of hydrogen-bond acceptors (Lipinski definition) is 5. The minimum absolute atomic E-state index is 0.791. The molecule has 0 radical (unpaired) electrons. The van der Waals surface area contributed by atoms with E-state index < -0.39 is 0 Å². The molecular weight excluding hydrogens is 154 g/mol. The first kappa shape index (κ1) is 5.88. The molecule has 0 spiro atoms. The maximum atomic E-state index is 4.27. The highest BCUT2D eigenvalue weighted by Gasteiger charge is 2.21. The molecule has 50 valence electrons. The van der Waals surface area contributed by atoms with Crippen molar-refractivity contribution in [1.82, 2.24) is 10.2 Å². The van der Waals surface area contributed by atoms with E-state index in [2.05, 4.69) is 15.2 Å². The molecule has 5 heteroatoms. The predicted molar refractivity (Wildman–Crippen MR) is 42.2 cm³/mol. The summed E-state index contributed by atoms with van der Waals surface area (Å²) in [6.07, 6.45) is 0. The van der Waals surface area contributed by atoms with Crippen LogP contribution in [0.5, 0.6) is 0 Å². The molecule has 0 aromatic carbocycles. The molecule has 1 N–H and O–H groups in total. The first-order chi connectivity index (χ1) is 4.47. The Morgan fingerprint density at radius 3 is 3.56 bits per heavy atom. The smallest absolute Gasteiger partial charge is 0.173 e. The van der Waals surface area contributed by atoms with Gasteiger partial charge in [0.2, 0.25) is 0 Å². The Kier molecular flexibility index (Phi) is 1.57. The standard InChI is InChI=1S/C4H7N3S2/c1-5-2-7-3-8-9-4(7)6-1/h5H,1-3H2. The van der Waals surface area contributed by atoms with Crippen LogP contribution in [0, 0.1) is 0 Å². The molecule has 0 aromatic rings. The van der Waals surface area contributed by atoms with Gasteiger partial charge in [0.25, 0.3) is 0 Å². The summed E-state index contributed by atoms with van der Waals surface area (Å²) in [5.74, 6) is 1.08. The van der Waals surface area contributed by atoms with Gasteiger partial charge >= 0.3 is 0 Å². The third-order valence-electron chi connectivity index (χ3n) is 1.24. The van der Waals surface area contributed by atoms with Crippen molar-refractivity contribution in [3.8, 4) is 0 Å². The molecule has 1 fully saturated rings. The number of rotatable bonds is 0. The molecule has 0 atom stereocenters. The van der Waals surface area contributed by atoms with E-state index in [9.17, 15) is 0 Å². The van der Waals surface area contributed by atoms with E-state index in [4.69, 9.17) is 0 Å². The molecule has 2 aliphatic heterocycles. The van der Waals surface area contributed by atoms with E-state index in [1.807, 2.05) is 10.8 Å². The molecule has 2 heterocycles. The van der Waals surface area contributed by atoms with Gasteiger partial charge in [-0.25, -0.2) is 4.99 Å². The van der Waals surface area contributed by atoms with Gasteiger partial charge < -0.3 is 4.90 Å². The van der Waals surface area contributed by atoms with Crippen molar-refractivity contribution < 1.29 is 0 Å². The highest BCUT2D eigenvalue weighted by Crippen LogP contribution is 2.33. The van der Waals surface area contributed by atoms with E-state index in [0.717, 1.165) is 19.2 Å². The Balaban J connectivity index is 2.16. The van der Waals surface area contributed by atoms with Crippen LogP contribution in [0.4, 0.5) is 0 Å². The van der Waals surface area contributed by atoms with Crippen molar-refractivity contribution in [2.75, 3.05) is 19.2 Å². The third kappa shape index (κ3) is 1.04. The molecule has 3 nitrogen and oxygen atoms in total. The molecule has 0 bridgehead atoms. The monoisotopic (exact) mass is 161 g/mol. The topological polar surface area (TPSA) is 27.6 Å². The van der Waals surface area contributed by atoms with E-state index in [0.29, 0.717) is 0 Å². The van der Waals surface area contributed by atoms with Crippen LogP contribution < -0.4 is 5.32 Å². The average Bonchev–Trinajstić information content (AvgIpc) is 2.33. The Morgan fingerprint density at radius 2 is 2.67 bits per heavy atom. The van der Waals surface area contributed by atoms with E-state index in [-0.39, 0.29) is 0 Å². The van der Waals surface area contributed by atoms with Crippen molar-refractivity contribution in [1.29, 1.82) is 0 Å². The Morgan fingerprint density at radius 1 is 1.67 bits per heavy atom. The predicted octanol–water partition coefficient (Wildman–Crippen LogP) is 0.515. The normalized spacial score (nSPS) is 25.8. The lowest BCUT2D eigenvalue weighted by molar-refractivity contribution is 0.422. The Hall–Kier alpha value is 0.130. The number of hydrogen-bond donors (Lipinski definition) is 1. The largest absolute Gasteiger partial charge is 0.328 e. The summed E-state index contributed by atoms with van der Waals surface area (Å²) < 4.78 is 0. The second-order valence-electron chi connectivity index (χ2n) is 1.88. The summed E-state index contributed by atoms with van der Waals surface area (Å²) in [6.45, 7) is 1.76. The molecule has 0 aliphatic carbocycles. The van der Waals surface area contributed by atoms with Gasteiger partial charge in [0.05, 0.1) is 19.2 Å². The zero-order chi connectivity index (χ0) is 6.10. The summed E-state index contributed by atoms with van der Waals surface area (Å²) in [5, 5.41) is 4.36. The van der Waals surface area contributed by atoms with Crippen molar-refractivity contribution in [2.45, 2.75) is 0 Å². The molecule has 0 unspecified atom stereocenters. The summed E-state index contributed by atoms with van der Waals surface area (Å²) in [5.41, 5.74) is 0. The third-order valence-corrected chi connectivity index (χ3v) is 3.43. The maximum absolute atomic E-state index is 4.27. The number of aliphatic imine (C=N–C) groups is 1. The lowest BCUT2D eigenvalue weighted by Gasteiger charge is -2.20. The van der Waals surface area contributed by atoms with Gasteiger partial charge in [-0.2, -0.15) is 0 Å². The fourth-order valence-electron chi connectivity index (χ4n) is 0.799. The van der Waals surface area contributed by atoms with Crippen LogP contribution in [0.1, 0.15) is 0 Å². The zero-order valence-electron chi connectivity index (χ0n) is 4.83. The number of nitrogens with one attached hydrogen (secondary N) is 1. The van der Waals surface area contributed by atoms with E-state index >= 15 is 0 Å². The van der Waals surface area contributed by atoms with E-state index in [1.54, 1.807) is 10.8 Å². The zero-order valence-corrected chi connectivity index (χ0v) is 6.47. The molecule has 2 aliphatic rings. The fraction of sp³-hybridized carbons (Fsp3) is 0.750. The van der Waals surface area contributed by atoms with Crippen LogP contribution in [0.25, 0.3) is 0 Å². The molecule has 0 saturated carbocycles. The lowest BCUT2D eigenvalue weighted by atomic mass is 10.7. The summed E-state index contributed by atoms with van der Waals surface area (Å²) in [7, 11) is 3.63. The van der Waals surface area contributed by atoms with Crippen LogP contribution in [0.15, 0.2) is 4.99 Å². The first-order valence-corrected chi connectivity index (χ1v) is 5.08. The van der Waals surface area contributed by atoms with Crippen molar-refractivity contribution in [3.63, 3.8) is 0 Å². The Labute approximate surface area is 61.7 Å². The quantitative estimate of drug-likeness (QED) is 0.524. The van der Waals surface area contributed by atoms with Crippen LogP contribution in [0.3, 0.4) is 0 Å². The maximum Gasteiger partial charge on any atom is 0.173 e. The average molecular weight is 161 g/mol. The highest BCUT2D eigenvalue weighted by atomic mass is 33.1. The van der Waals surface area contributed by atoms with Crippen molar-refractivity contribution >= 4 is 26.8 Å². The lowest BCUT2D eigenvalue weighted by Crippen LogP contribution is -2.39. The molecule has 0 aromatic heterocycles. The van der Waals surface area contributed by atoms with Gasteiger partial charge in [-0.3, -0.25) is 5.32 Å². The van der Waals surface area contributed by atoms with Gasteiger partial charge in [0.15, 0.2) is 5.17 Å². The molecule has 0 amide bonds. The second kappa shape index (κ2) is 2.40. The van der Waals surface area contributed by atoms with Crippen LogP contribution in [-0.2, 0) is 0 Å². The second-order valence-corrected chi connectivity index (χ2v) is 4.11. The van der Waals surface area contributed by atoms with Gasteiger partial charge in [-0.1, -0.05) is 10.8 Å². The van der Waals surface area contributed by atoms with Crippen LogP contribution >= 0.6 is 21.6 Å². The highest BCUT2D eigenvalue weighted by molar-refractivity contribution is 8.82. The van der Waals surface area contributed by atoms with Crippen LogP contribution in [0.2, 0.25) is 0 Å². The fourth-order valence-corrected chi connectivity index (χ4v) is 3.06. The minimum atomic E-state index is 0.791. The minimum Gasteiger partial charge on any atom is -0.328 e. The van der Waals surface area contributed by atoms with Gasteiger partial charge in [-0.15, -0.1) is 0 Å². The number of nitrogens with zero attached hydrogens (tertiary/aromatic N) is 2. The molecule has 1 saturated heterocycles. The number of amidine groups is 1. The summed E-state index contributed by atoms with van der Waals surface area (Å²) in [6, 6.07) is 0. The van der Waals surface area contributed by atoms with Crippen molar-refractivity contribution in [3.05, 3.63) is 0 Å². The molecular formula is C4H7N3S2. The van der Waals surface area contributed by atoms with E-state index in [1.165, 1.54) is 5.17 Å². The van der Waals surface area contributed by atoms with Crippen molar-refractivity contribution in [2.24, 2.45) is 4.99 Å². The summed E-state index contributed by atoms with van der Waals surface area (Å²) in [4.78, 5) is 6.50. The summed E-state index contributed by atoms with van der Waals surface area (Å²) >= 11 is 0. The molecule has 2 rings (SSSR count). The van der Waals surface area contributed by atoms with Crippen LogP contribution in [-0.4, -0.2) is 29.3 Å². The van der Waals surface area contributed by atoms with Gasteiger partial charge in [-0.05, 0) is 10.8 Å². The SMILES string of the molecule is C1N=C2SSCN2CN1. The van der Waals surface area contributed by atoms with Gasteiger partial charge in [0.1, 0.15) is 0 Å². The molecule has 9 heavy (non-hydrogen) atoms. The Bertz CT molecular complexity index is 147. The van der Waals surface area contributed by atoms with Gasteiger partial charge in [0, 0.05) is 0 Å². The number of fused-ring (bicyclic) bond motifs is 1. The first-order valence-electron chi connectivity index (χ1n) is 2.76.